The summed E-state index contributed by atoms with van der Waals surface area (Å²) in [5.41, 5.74) is 4.75. The van der Waals surface area contributed by atoms with Crippen LogP contribution in [0.5, 0.6) is 11.5 Å². The summed E-state index contributed by atoms with van der Waals surface area (Å²) in [6.07, 6.45) is 1.37. The molecule has 0 saturated carbocycles. The number of amides is 1. The summed E-state index contributed by atoms with van der Waals surface area (Å²) in [5, 5.41) is 32.0. The largest absolute Gasteiger partial charge is 0.504 e. The molecule has 3 N–H and O–H groups in total. The first-order chi connectivity index (χ1) is 16.0. The number of aromatic nitrogens is 3. The molecule has 0 radical (unpaired) electrons. The van der Waals surface area contributed by atoms with Crippen molar-refractivity contribution in [3.63, 3.8) is 0 Å². The minimum absolute atomic E-state index is 0.0729. The van der Waals surface area contributed by atoms with Gasteiger partial charge in [0.15, 0.2) is 22.5 Å². The number of hydrogen-bond donors (Lipinski definition) is 3. The monoisotopic (exact) mass is 523 g/mol. The molecule has 0 saturated heterocycles. The molecule has 0 atom stereocenters. The number of nitrogens with one attached hydrogen (secondary N) is 1. The van der Waals surface area contributed by atoms with Gasteiger partial charge in [0, 0.05) is 15.7 Å². The van der Waals surface area contributed by atoms with Crippen LogP contribution in [-0.4, -0.2) is 42.9 Å². The molecule has 0 bridgehead atoms. The maximum atomic E-state index is 12.3. The van der Waals surface area contributed by atoms with Crippen LogP contribution in [0.1, 0.15) is 5.56 Å². The lowest BCUT2D eigenvalue weighted by molar-refractivity contribution is -0.118. The van der Waals surface area contributed by atoms with Gasteiger partial charge in [-0.15, -0.1) is 10.2 Å². The van der Waals surface area contributed by atoms with Crippen LogP contribution in [-0.2, 0) is 4.79 Å². The molecule has 3 aromatic carbocycles. The van der Waals surface area contributed by atoms with Gasteiger partial charge in [-0.3, -0.25) is 9.36 Å². The zero-order valence-corrected chi connectivity index (χ0v) is 19.5. The first-order valence-corrected chi connectivity index (χ1v) is 11.5. The number of hydrazone groups is 1. The van der Waals surface area contributed by atoms with Gasteiger partial charge in [-0.2, -0.15) is 5.10 Å². The van der Waals surface area contributed by atoms with Gasteiger partial charge in [-0.25, -0.2) is 5.43 Å². The summed E-state index contributed by atoms with van der Waals surface area (Å²) in [6, 6.07) is 21.7. The fraction of sp³-hybridized carbons (Fsp3) is 0.0435. The SMILES string of the molecule is O=C(CSc1nnc(-c2ccc(Br)cc2)n1-c1ccccc1)N/N=C\c1ccc(O)c(O)c1. The van der Waals surface area contributed by atoms with E-state index in [4.69, 9.17) is 0 Å². The lowest BCUT2D eigenvalue weighted by Gasteiger charge is -2.10. The summed E-state index contributed by atoms with van der Waals surface area (Å²) in [6.45, 7) is 0. The quantitative estimate of drug-likeness (QED) is 0.143. The highest BCUT2D eigenvalue weighted by Gasteiger charge is 2.17. The minimum atomic E-state index is -0.327. The first-order valence-electron chi connectivity index (χ1n) is 9.75. The normalized spacial score (nSPS) is 11.1. The number of phenols is 2. The van der Waals surface area contributed by atoms with Crippen molar-refractivity contribution in [2.45, 2.75) is 5.16 Å². The Morgan fingerprint density at radius 1 is 1.03 bits per heavy atom. The molecule has 1 aromatic heterocycles. The molecule has 0 aliphatic carbocycles. The molecule has 166 valence electrons. The molecule has 0 unspecified atom stereocenters. The summed E-state index contributed by atoms with van der Waals surface area (Å²) in [7, 11) is 0. The Labute approximate surface area is 202 Å². The van der Waals surface area contributed by atoms with Gasteiger partial charge in [-0.1, -0.05) is 58.0 Å². The van der Waals surface area contributed by atoms with Crippen LogP contribution in [0.2, 0.25) is 0 Å². The average Bonchev–Trinajstić information content (AvgIpc) is 3.25. The number of thioether (sulfide) groups is 1. The van der Waals surface area contributed by atoms with Gasteiger partial charge in [0.25, 0.3) is 5.91 Å². The van der Waals surface area contributed by atoms with E-state index in [1.165, 1.54) is 30.1 Å². The highest BCUT2D eigenvalue weighted by molar-refractivity contribution is 9.10. The van der Waals surface area contributed by atoms with Crippen molar-refractivity contribution in [2.24, 2.45) is 5.10 Å². The minimum Gasteiger partial charge on any atom is -0.504 e. The van der Waals surface area contributed by atoms with Crippen molar-refractivity contribution < 1.29 is 15.0 Å². The van der Waals surface area contributed by atoms with E-state index in [1.54, 1.807) is 6.07 Å². The molecule has 1 amide bonds. The standard InChI is InChI=1S/C23H18BrN5O3S/c24-17-9-7-16(8-10-17)22-27-28-23(29(22)18-4-2-1-3-5-18)33-14-21(32)26-25-13-15-6-11-19(30)20(31)12-15/h1-13,30-31H,14H2,(H,26,32)/b25-13-. The van der Waals surface area contributed by atoms with Crippen LogP contribution in [0.15, 0.2) is 87.5 Å². The van der Waals surface area contributed by atoms with E-state index in [0.29, 0.717) is 16.5 Å². The molecule has 4 rings (SSSR count). The molecule has 4 aromatic rings. The number of phenolic OH excluding ortho intramolecular Hbond substituents is 2. The fourth-order valence-electron chi connectivity index (χ4n) is 2.92. The van der Waals surface area contributed by atoms with Crippen LogP contribution in [0, 0.1) is 0 Å². The van der Waals surface area contributed by atoms with Gasteiger partial charge >= 0.3 is 0 Å². The second-order valence-corrected chi connectivity index (χ2v) is 8.67. The second-order valence-electron chi connectivity index (χ2n) is 6.81. The van der Waals surface area contributed by atoms with Crippen LogP contribution in [0.4, 0.5) is 0 Å². The van der Waals surface area contributed by atoms with Crippen molar-refractivity contribution in [1.29, 1.82) is 0 Å². The topological polar surface area (TPSA) is 113 Å². The van der Waals surface area contributed by atoms with E-state index in [-0.39, 0.29) is 23.2 Å². The molecule has 0 aliphatic rings. The molecular formula is C23H18BrN5O3S. The third kappa shape index (κ3) is 5.60. The average molecular weight is 524 g/mol. The smallest absolute Gasteiger partial charge is 0.250 e. The number of aromatic hydroxyl groups is 2. The van der Waals surface area contributed by atoms with Gasteiger partial charge in [0.1, 0.15) is 0 Å². The van der Waals surface area contributed by atoms with Crippen LogP contribution in [0.25, 0.3) is 17.1 Å². The summed E-state index contributed by atoms with van der Waals surface area (Å²) in [4.78, 5) is 12.3. The number of nitrogens with zero attached hydrogens (tertiary/aromatic N) is 4. The fourth-order valence-corrected chi connectivity index (χ4v) is 3.93. The highest BCUT2D eigenvalue weighted by atomic mass is 79.9. The van der Waals surface area contributed by atoms with E-state index < -0.39 is 0 Å². The number of rotatable bonds is 7. The van der Waals surface area contributed by atoms with E-state index in [0.717, 1.165) is 15.7 Å². The third-order valence-corrected chi connectivity index (χ3v) is 5.94. The van der Waals surface area contributed by atoms with Gasteiger partial charge in [0.2, 0.25) is 0 Å². The number of carbonyl (C=O) groups is 1. The van der Waals surface area contributed by atoms with E-state index in [2.05, 4.69) is 36.7 Å². The van der Waals surface area contributed by atoms with E-state index >= 15 is 0 Å². The number of carbonyl (C=O) groups excluding carboxylic acids is 1. The summed E-state index contributed by atoms with van der Waals surface area (Å²) < 4.78 is 2.87. The maximum Gasteiger partial charge on any atom is 0.250 e. The molecule has 10 heteroatoms. The van der Waals surface area contributed by atoms with Crippen molar-refractivity contribution in [2.75, 3.05) is 5.75 Å². The maximum absolute atomic E-state index is 12.3. The first kappa shape index (κ1) is 22.6. The summed E-state index contributed by atoms with van der Waals surface area (Å²) in [5.74, 6) is -0.0715. The highest BCUT2D eigenvalue weighted by Crippen LogP contribution is 2.28. The molecule has 0 aliphatic heterocycles. The van der Waals surface area contributed by atoms with Crippen molar-refractivity contribution in [3.8, 4) is 28.6 Å². The van der Waals surface area contributed by atoms with Gasteiger partial charge in [-0.05, 0) is 48.0 Å². The Balaban J connectivity index is 1.48. The van der Waals surface area contributed by atoms with Crippen molar-refractivity contribution >= 4 is 39.8 Å². The summed E-state index contributed by atoms with van der Waals surface area (Å²) >= 11 is 4.68. The van der Waals surface area contributed by atoms with Crippen molar-refractivity contribution in [3.05, 3.63) is 82.8 Å². The molecule has 0 fully saturated rings. The van der Waals surface area contributed by atoms with Crippen LogP contribution < -0.4 is 5.43 Å². The van der Waals surface area contributed by atoms with E-state index in [9.17, 15) is 15.0 Å². The Kier molecular flexibility index (Phi) is 7.06. The zero-order valence-electron chi connectivity index (χ0n) is 17.1. The Bertz CT molecular complexity index is 1290. The molecule has 33 heavy (non-hydrogen) atoms. The Morgan fingerprint density at radius 2 is 1.79 bits per heavy atom. The van der Waals surface area contributed by atoms with Crippen LogP contribution >= 0.6 is 27.7 Å². The lowest BCUT2D eigenvalue weighted by Crippen LogP contribution is -2.20. The molecule has 0 spiro atoms. The van der Waals surface area contributed by atoms with Gasteiger partial charge < -0.3 is 10.2 Å². The number of hydrogen-bond acceptors (Lipinski definition) is 7. The number of benzene rings is 3. The second kappa shape index (κ2) is 10.3. The predicted octanol–water partition coefficient (Wildman–Crippen LogP) is 4.35. The molecular weight excluding hydrogens is 506 g/mol. The molecule has 8 nitrogen and oxygen atoms in total. The van der Waals surface area contributed by atoms with Gasteiger partial charge in [0.05, 0.1) is 12.0 Å². The number of para-hydroxylation sites is 1. The third-order valence-electron chi connectivity index (χ3n) is 4.48. The van der Waals surface area contributed by atoms with Crippen LogP contribution in [0.3, 0.4) is 0 Å². The zero-order chi connectivity index (χ0) is 23.2. The number of halogens is 1. The Hall–Kier alpha value is -3.63. The lowest BCUT2D eigenvalue weighted by atomic mass is 10.2. The van der Waals surface area contributed by atoms with E-state index in [1.807, 2.05) is 59.2 Å². The Morgan fingerprint density at radius 3 is 2.52 bits per heavy atom. The van der Waals surface area contributed by atoms with Crippen molar-refractivity contribution in [1.82, 2.24) is 20.2 Å². The predicted molar refractivity (Wildman–Crippen MR) is 131 cm³/mol. The molecule has 1 heterocycles.